The summed E-state index contributed by atoms with van der Waals surface area (Å²) in [5.41, 5.74) is 2.74. The van der Waals surface area contributed by atoms with E-state index in [1.165, 1.54) is 0 Å². The Balaban J connectivity index is 3.01. The number of carboxylic acid groups (broad SMARTS) is 1. The Morgan fingerprint density at radius 3 is 2.85 bits per heavy atom. The zero-order valence-electron chi connectivity index (χ0n) is 7.17. The first-order chi connectivity index (χ1) is 6.13. The summed E-state index contributed by atoms with van der Waals surface area (Å²) in [5.74, 6) is 0. The van der Waals surface area contributed by atoms with Crippen LogP contribution in [0.5, 0.6) is 0 Å². The number of aryl methyl sites for hydroxylation is 1. The summed E-state index contributed by atoms with van der Waals surface area (Å²) < 4.78 is 0.799. The molecular weight excluding hydrogens is 281 g/mol. The van der Waals surface area contributed by atoms with Crippen molar-refractivity contribution in [1.82, 2.24) is 0 Å². The van der Waals surface area contributed by atoms with E-state index in [4.69, 9.17) is 5.11 Å². The number of benzene rings is 1. The normalized spacial score (nSPS) is 9.69. The maximum atomic E-state index is 10.4. The van der Waals surface area contributed by atoms with Crippen molar-refractivity contribution in [2.75, 3.05) is 5.32 Å². The highest BCUT2D eigenvalue weighted by molar-refractivity contribution is 14.1. The van der Waals surface area contributed by atoms with Crippen molar-refractivity contribution in [3.8, 4) is 0 Å². The van der Waals surface area contributed by atoms with E-state index < -0.39 is 6.09 Å². The number of rotatable bonds is 2. The molecule has 0 radical (unpaired) electrons. The average Bonchev–Trinajstić information content (AvgIpc) is 2.03. The lowest BCUT2D eigenvalue weighted by Gasteiger charge is -2.07. The molecule has 1 amide bonds. The van der Waals surface area contributed by atoms with Gasteiger partial charge in [0.25, 0.3) is 0 Å². The van der Waals surface area contributed by atoms with Gasteiger partial charge in [0, 0.05) is 10.1 Å². The first-order valence-corrected chi connectivity index (χ1v) is 5.31. The van der Waals surface area contributed by atoms with Crippen LogP contribution in [0.15, 0.2) is 18.2 Å². The summed E-state index contributed by atoms with van der Waals surface area (Å²) in [6.07, 6.45) is -1.02. The van der Waals surface area contributed by atoms with Crippen LogP contribution in [0.2, 0.25) is 0 Å². The van der Waals surface area contributed by atoms with E-state index in [9.17, 15) is 4.79 Å². The number of halogens is 1. The minimum Gasteiger partial charge on any atom is -0.465 e. The Bertz CT molecular complexity index is 325. The topological polar surface area (TPSA) is 49.3 Å². The van der Waals surface area contributed by atoms with Gasteiger partial charge in [-0.25, -0.2) is 4.79 Å². The van der Waals surface area contributed by atoms with Gasteiger partial charge in [-0.15, -0.1) is 0 Å². The fourth-order valence-corrected chi connectivity index (χ4v) is 1.70. The van der Waals surface area contributed by atoms with Gasteiger partial charge in [-0.3, -0.25) is 5.32 Å². The number of anilines is 1. The zero-order chi connectivity index (χ0) is 9.84. The fourth-order valence-electron chi connectivity index (χ4n) is 1.04. The maximum absolute atomic E-state index is 10.4. The molecule has 1 rings (SSSR count). The molecule has 2 N–H and O–H groups in total. The second-order valence-corrected chi connectivity index (χ2v) is 3.49. The van der Waals surface area contributed by atoms with E-state index >= 15 is 0 Å². The second-order valence-electron chi connectivity index (χ2n) is 2.72. The Kier molecular flexibility index (Phi) is 3.53. The molecule has 70 valence electrons. The molecule has 4 heteroatoms. The van der Waals surface area contributed by atoms with Crippen molar-refractivity contribution in [1.29, 1.82) is 0 Å². The first kappa shape index (κ1) is 10.3. The van der Waals surface area contributed by atoms with Crippen LogP contribution in [-0.2, 0) is 4.43 Å². The van der Waals surface area contributed by atoms with Crippen LogP contribution >= 0.6 is 22.6 Å². The summed E-state index contributed by atoms with van der Waals surface area (Å²) >= 11 is 2.20. The van der Waals surface area contributed by atoms with Gasteiger partial charge in [0.05, 0.1) is 0 Å². The monoisotopic (exact) mass is 291 g/mol. The van der Waals surface area contributed by atoms with E-state index in [-0.39, 0.29) is 0 Å². The predicted octanol–water partition coefficient (Wildman–Crippen LogP) is 3.02. The van der Waals surface area contributed by atoms with Gasteiger partial charge < -0.3 is 5.11 Å². The van der Waals surface area contributed by atoms with Gasteiger partial charge in [-0.1, -0.05) is 34.7 Å². The van der Waals surface area contributed by atoms with Crippen LogP contribution in [0.1, 0.15) is 11.1 Å². The van der Waals surface area contributed by atoms with Gasteiger partial charge >= 0.3 is 6.09 Å². The van der Waals surface area contributed by atoms with Gasteiger partial charge in [0.2, 0.25) is 0 Å². The Hall–Kier alpha value is -0.780. The molecule has 0 spiro atoms. The molecule has 1 aromatic rings. The maximum Gasteiger partial charge on any atom is 0.409 e. The molecule has 3 nitrogen and oxygen atoms in total. The SMILES string of the molecule is Cc1ccc(CI)c(NC(=O)O)c1. The zero-order valence-corrected chi connectivity index (χ0v) is 9.33. The molecule has 0 aliphatic rings. The Morgan fingerprint density at radius 2 is 2.31 bits per heavy atom. The molecule has 13 heavy (non-hydrogen) atoms. The van der Waals surface area contributed by atoms with Crippen LogP contribution in [0.3, 0.4) is 0 Å². The van der Waals surface area contributed by atoms with E-state index in [1.807, 2.05) is 25.1 Å². The number of amides is 1. The van der Waals surface area contributed by atoms with Crippen LogP contribution in [0.25, 0.3) is 0 Å². The molecule has 0 heterocycles. The molecule has 0 unspecified atom stereocenters. The molecule has 0 aliphatic carbocycles. The highest BCUT2D eigenvalue weighted by Crippen LogP contribution is 2.20. The van der Waals surface area contributed by atoms with Crippen molar-refractivity contribution >= 4 is 34.4 Å². The summed E-state index contributed by atoms with van der Waals surface area (Å²) in [7, 11) is 0. The summed E-state index contributed by atoms with van der Waals surface area (Å²) in [6.45, 7) is 1.93. The number of hydrogen-bond donors (Lipinski definition) is 2. The van der Waals surface area contributed by atoms with Crippen LogP contribution < -0.4 is 5.32 Å². The number of carbonyl (C=O) groups is 1. The molecule has 0 bridgehead atoms. The third kappa shape index (κ3) is 2.87. The quantitative estimate of drug-likeness (QED) is 0.650. The smallest absolute Gasteiger partial charge is 0.409 e. The van der Waals surface area contributed by atoms with Crippen molar-refractivity contribution in [3.05, 3.63) is 29.3 Å². The fraction of sp³-hybridized carbons (Fsp3) is 0.222. The van der Waals surface area contributed by atoms with Gasteiger partial charge in [0.15, 0.2) is 0 Å². The molecular formula is C9H10INO2. The molecule has 0 fully saturated rings. The Labute approximate surface area is 90.3 Å². The predicted molar refractivity (Wildman–Crippen MR) is 60.6 cm³/mol. The lowest BCUT2D eigenvalue weighted by atomic mass is 10.1. The number of alkyl halides is 1. The minimum atomic E-state index is -1.02. The number of nitrogens with one attached hydrogen (secondary N) is 1. The second kappa shape index (κ2) is 4.45. The molecule has 0 saturated carbocycles. The summed E-state index contributed by atoms with van der Waals surface area (Å²) in [4.78, 5) is 10.4. The van der Waals surface area contributed by atoms with E-state index in [0.29, 0.717) is 5.69 Å². The highest BCUT2D eigenvalue weighted by Gasteiger charge is 2.03. The van der Waals surface area contributed by atoms with Crippen molar-refractivity contribution < 1.29 is 9.90 Å². The molecule has 0 aliphatic heterocycles. The largest absolute Gasteiger partial charge is 0.465 e. The van der Waals surface area contributed by atoms with Crippen molar-refractivity contribution in [2.45, 2.75) is 11.4 Å². The van der Waals surface area contributed by atoms with E-state index in [0.717, 1.165) is 15.6 Å². The molecule has 0 aromatic heterocycles. The Morgan fingerprint density at radius 1 is 1.62 bits per heavy atom. The van der Waals surface area contributed by atoms with Crippen LogP contribution in [-0.4, -0.2) is 11.2 Å². The highest BCUT2D eigenvalue weighted by atomic mass is 127. The molecule has 0 atom stereocenters. The lowest BCUT2D eigenvalue weighted by molar-refractivity contribution is 0.209. The first-order valence-electron chi connectivity index (χ1n) is 3.79. The van der Waals surface area contributed by atoms with Gasteiger partial charge in [-0.05, 0) is 24.1 Å². The molecule has 0 saturated heterocycles. The van der Waals surface area contributed by atoms with Gasteiger partial charge in [-0.2, -0.15) is 0 Å². The van der Waals surface area contributed by atoms with Gasteiger partial charge in [0.1, 0.15) is 0 Å². The van der Waals surface area contributed by atoms with Crippen LogP contribution in [0.4, 0.5) is 10.5 Å². The van der Waals surface area contributed by atoms with E-state index in [2.05, 4.69) is 27.9 Å². The summed E-state index contributed by atoms with van der Waals surface area (Å²) in [5, 5.41) is 10.9. The third-order valence-electron chi connectivity index (χ3n) is 1.65. The average molecular weight is 291 g/mol. The minimum absolute atomic E-state index is 0.682. The van der Waals surface area contributed by atoms with E-state index in [1.54, 1.807) is 0 Å². The summed E-state index contributed by atoms with van der Waals surface area (Å²) in [6, 6.07) is 5.75. The third-order valence-corrected chi connectivity index (χ3v) is 2.47. The van der Waals surface area contributed by atoms with Crippen molar-refractivity contribution in [2.24, 2.45) is 0 Å². The van der Waals surface area contributed by atoms with Crippen molar-refractivity contribution in [3.63, 3.8) is 0 Å². The van der Waals surface area contributed by atoms with Crippen LogP contribution in [0, 0.1) is 6.92 Å². The molecule has 1 aromatic carbocycles. The number of hydrogen-bond acceptors (Lipinski definition) is 1. The lowest BCUT2D eigenvalue weighted by Crippen LogP contribution is -2.09. The standard InChI is InChI=1S/C9H10INO2/c1-6-2-3-7(5-10)8(4-6)11-9(12)13/h2-4,11H,5H2,1H3,(H,12,13).